The first-order valence-electron chi connectivity index (χ1n) is 4.35. The SMILES string of the molecule is O=S(=O)(CNc1ccccc1)CC(O)O. The zero-order chi connectivity index (χ0) is 11.3. The van der Waals surface area contributed by atoms with Crippen LogP contribution >= 0.6 is 0 Å². The Hall–Kier alpha value is -1.11. The van der Waals surface area contributed by atoms with Crippen molar-refractivity contribution in [2.75, 3.05) is 16.9 Å². The fourth-order valence-electron chi connectivity index (χ4n) is 1.04. The van der Waals surface area contributed by atoms with E-state index in [-0.39, 0.29) is 5.88 Å². The van der Waals surface area contributed by atoms with Crippen molar-refractivity contribution in [3.8, 4) is 0 Å². The second kappa shape index (κ2) is 5.11. The van der Waals surface area contributed by atoms with Crippen molar-refractivity contribution in [2.24, 2.45) is 0 Å². The van der Waals surface area contributed by atoms with Crippen molar-refractivity contribution in [3.05, 3.63) is 30.3 Å². The summed E-state index contributed by atoms with van der Waals surface area (Å²) in [5, 5.41) is 19.7. The lowest BCUT2D eigenvalue weighted by atomic mass is 10.3. The zero-order valence-corrected chi connectivity index (χ0v) is 8.81. The number of aliphatic hydroxyl groups excluding tert-OH is 1. The number of rotatable bonds is 5. The van der Waals surface area contributed by atoms with Crippen LogP contribution in [0.5, 0.6) is 0 Å². The van der Waals surface area contributed by atoms with Crippen molar-refractivity contribution >= 4 is 15.5 Å². The van der Waals surface area contributed by atoms with Crippen LogP contribution in [0.15, 0.2) is 30.3 Å². The molecule has 3 N–H and O–H groups in total. The van der Waals surface area contributed by atoms with Crippen LogP contribution in [-0.2, 0) is 9.84 Å². The lowest BCUT2D eigenvalue weighted by Crippen LogP contribution is -2.25. The molecule has 1 aromatic carbocycles. The first kappa shape index (κ1) is 12.0. The van der Waals surface area contributed by atoms with Crippen LogP contribution in [0.4, 0.5) is 5.69 Å². The summed E-state index contributed by atoms with van der Waals surface area (Å²) in [4.78, 5) is 0. The minimum Gasteiger partial charge on any atom is -0.372 e. The van der Waals surface area contributed by atoms with Crippen LogP contribution < -0.4 is 5.32 Å². The van der Waals surface area contributed by atoms with E-state index in [1.54, 1.807) is 24.3 Å². The van der Waals surface area contributed by atoms with E-state index in [4.69, 9.17) is 10.2 Å². The largest absolute Gasteiger partial charge is 0.372 e. The molecule has 1 aromatic rings. The minimum absolute atomic E-state index is 0.311. The van der Waals surface area contributed by atoms with Gasteiger partial charge in [0.1, 0.15) is 11.6 Å². The van der Waals surface area contributed by atoms with Crippen LogP contribution in [0.2, 0.25) is 0 Å². The van der Waals surface area contributed by atoms with Gasteiger partial charge in [0.15, 0.2) is 16.1 Å². The Labute approximate surface area is 88.3 Å². The Morgan fingerprint density at radius 3 is 2.33 bits per heavy atom. The highest BCUT2D eigenvalue weighted by Gasteiger charge is 2.14. The molecule has 15 heavy (non-hydrogen) atoms. The smallest absolute Gasteiger partial charge is 0.173 e. The number of nitrogens with one attached hydrogen (secondary N) is 1. The Morgan fingerprint density at radius 2 is 1.80 bits per heavy atom. The fraction of sp³-hybridized carbons (Fsp3) is 0.333. The van der Waals surface area contributed by atoms with Crippen LogP contribution in [0, 0.1) is 0 Å². The molecule has 1 rings (SSSR count). The summed E-state index contributed by atoms with van der Waals surface area (Å²) in [5.74, 6) is -0.971. The molecule has 0 aromatic heterocycles. The molecule has 0 unspecified atom stereocenters. The van der Waals surface area contributed by atoms with Gasteiger partial charge in [-0.3, -0.25) is 0 Å². The quantitative estimate of drug-likeness (QED) is 0.610. The van der Waals surface area contributed by atoms with Gasteiger partial charge in [0, 0.05) is 5.69 Å². The van der Waals surface area contributed by atoms with E-state index in [1.807, 2.05) is 6.07 Å². The van der Waals surface area contributed by atoms with Crippen LogP contribution in [0.1, 0.15) is 0 Å². The van der Waals surface area contributed by atoms with Crippen molar-refractivity contribution in [1.29, 1.82) is 0 Å². The summed E-state index contributed by atoms with van der Waals surface area (Å²) in [6, 6.07) is 8.82. The maximum Gasteiger partial charge on any atom is 0.173 e. The van der Waals surface area contributed by atoms with Gasteiger partial charge in [-0.1, -0.05) is 18.2 Å². The average Bonchev–Trinajstić information content (AvgIpc) is 2.15. The van der Waals surface area contributed by atoms with Crippen molar-refractivity contribution < 1.29 is 18.6 Å². The van der Waals surface area contributed by atoms with E-state index in [0.29, 0.717) is 5.69 Å². The molecule has 0 bridgehead atoms. The predicted octanol–water partition coefficient (Wildman–Crippen LogP) is -0.219. The van der Waals surface area contributed by atoms with E-state index in [1.165, 1.54) is 0 Å². The van der Waals surface area contributed by atoms with E-state index in [2.05, 4.69) is 5.32 Å². The summed E-state index contributed by atoms with van der Waals surface area (Å²) in [5.41, 5.74) is 0.675. The van der Waals surface area contributed by atoms with Gasteiger partial charge < -0.3 is 15.5 Å². The predicted molar refractivity (Wildman–Crippen MR) is 56.9 cm³/mol. The van der Waals surface area contributed by atoms with Crippen molar-refractivity contribution in [1.82, 2.24) is 0 Å². The third kappa shape index (κ3) is 4.78. The first-order chi connectivity index (χ1) is 6.99. The molecule has 0 spiro atoms. The van der Waals surface area contributed by atoms with Gasteiger partial charge in [0.25, 0.3) is 0 Å². The number of benzene rings is 1. The Morgan fingerprint density at radius 1 is 1.20 bits per heavy atom. The van der Waals surface area contributed by atoms with Gasteiger partial charge >= 0.3 is 0 Å². The Balaban J connectivity index is 2.50. The van der Waals surface area contributed by atoms with E-state index in [9.17, 15) is 8.42 Å². The molecule has 0 saturated heterocycles. The molecule has 0 saturated carbocycles. The highest BCUT2D eigenvalue weighted by atomic mass is 32.2. The Bertz CT molecular complexity index is 388. The molecule has 0 aliphatic heterocycles. The summed E-state index contributed by atoms with van der Waals surface area (Å²) in [6.45, 7) is 0. The number of hydrogen-bond acceptors (Lipinski definition) is 5. The summed E-state index contributed by atoms with van der Waals surface area (Å²) in [6.07, 6.45) is -1.83. The molecular weight excluding hydrogens is 218 g/mol. The minimum atomic E-state index is -3.49. The highest BCUT2D eigenvalue weighted by Crippen LogP contribution is 2.05. The first-order valence-corrected chi connectivity index (χ1v) is 6.17. The number of hydrogen-bond donors (Lipinski definition) is 3. The molecule has 6 heteroatoms. The molecular formula is C9H13NO4S. The number of para-hydroxylation sites is 1. The summed E-state index contributed by atoms with van der Waals surface area (Å²) < 4.78 is 22.5. The van der Waals surface area contributed by atoms with Crippen LogP contribution in [0.25, 0.3) is 0 Å². The fourth-order valence-corrected chi connectivity index (χ4v) is 1.99. The molecule has 0 heterocycles. The summed E-state index contributed by atoms with van der Waals surface area (Å²) >= 11 is 0. The lowest BCUT2D eigenvalue weighted by Gasteiger charge is -2.08. The lowest BCUT2D eigenvalue weighted by molar-refractivity contribution is -0.0198. The van der Waals surface area contributed by atoms with E-state index < -0.39 is 21.9 Å². The zero-order valence-electron chi connectivity index (χ0n) is 8.00. The summed E-state index contributed by atoms with van der Waals surface area (Å²) in [7, 11) is -3.49. The molecule has 0 atom stereocenters. The van der Waals surface area contributed by atoms with Gasteiger partial charge in [-0.25, -0.2) is 8.42 Å². The van der Waals surface area contributed by atoms with E-state index in [0.717, 1.165) is 0 Å². The molecule has 0 amide bonds. The van der Waals surface area contributed by atoms with Gasteiger partial charge in [0.05, 0.1) is 0 Å². The molecule has 0 aliphatic carbocycles. The Kier molecular flexibility index (Phi) is 4.07. The number of anilines is 1. The maximum absolute atomic E-state index is 11.2. The monoisotopic (exact) mass is 231 g/mol. The van der Waals surface area contributed by atoms with Crippen molar-refractivity contribution in [2.45, 2.75) is 6.29 Å². The number of aliphatic hydroxyl groups is 2. The van der Waals surface area contributed by atoms with Gasteiger partial charge in [0.2, 0.25) is 0 Å². The second-order valence-electron chi connectivity index (χ2n) is 3.08. The molecule has 0 radical (unpaired) electrons. The number of sulfone groups is 1. The molecule has 5 nitrogen and oxygen atoms in total. The molecule has 0 aliphatic rings. The second-order valence-corrected chi connectivity index (χ2v) is 5.19. The van der Waals surface area contributed by atoms with Crippen LogP contribution in [-0.4, -0.2) is 36.6 Å². The molecule has 0 fully saturated rings. The maximum atomic E-state index is 11.2. The normalized spacial score (nSPS) is 11.7. The third-order valence-corrected chi connectivity index (χ3v) is 3.06. The van der Waals surface area contributed by atoms with Crippen molar-refractivity contribution in [3.63, 3.8) is 0 Å². The average molecular weight is 231 g/mol. The third-order valence-electron chi connectivity index (χ3n) is 1.67. The van der Waals surface area contributed by atoms with Crippen LogP contribution in [0.3, 0.4) is 0 Å². The van der Waals surface area contributed by atoms with Gasteiger partial charge in [-0.15, -0.1) is 0 Å². The van der Waals surface area contributed by atoms with Gasteiger partial charge in [-0.2, -0.15) is 0 Å². The van der Waals surface area contributed by atoms with E-state index >= 15 is 0 Å². The standard InChI is InChI=1S/C9H13NO4S/c11-9(12)6-15(13,14)7-10-8-4-2-1-3-5-8/h1-5,9-12H,6-7H2. The van der Waals surface area contributed by atoms with Gasteiger partial charge in [-0.05, 0) is 12.1 Å². The molecule has 84 valence electrons. The topological polar surface area (TPSA) is 86.6 Å². The highest BCUT2D eigenvalue weighted by molar-refractivity contribution is 7.91.